The van der Waals surface area contributed by atoms with Crippen LogP contribution < -0.4 is 9.47 Å². The Balaban J connectivity index is 1.34. The van der Waals surface area contributed by atoms with E-state index in [9.17, 15) is 9.90 Å². The third kappa shape index (κ3) is 4.37. The topological polar surface area (TPSA) is 97.7 Å². The van der Waals surface area contributed by atoms with E-state index >= 15 is 4.39 Å². The van der Waals surface area contributed by atoms with Crippen molar-refractivity contribution < 1.29 is 23.8 Å². The van der Waals surface area contributed by atoms with E-state index in [1.165, 1.54) is 22.3 Å². The van der Waals surface area contributed by atoms with Crippen molar-refractivity contribution in [2.24, 2.45) is 0 Å². The summed E-state index contributed by atoms with van der Waals surface area (Å²) in [5.41, 5.74) is 5.27. The van der Waals surface area contributed by atoms with Crippen molar-refractivity contribution in [2.45, 2.75) is 26.0 Å². The molecule has 3 heterocycles. The summed E-state index contributed by atoms with van der Waals surface area (Å²) in [7, 11) is 1.54. The summed E-state index contributed by atoms with van der Waals surface area (Å²) in [4.78, 5) is 27.0. The van der Waals surface area contributed by atoms with Crippen LogP contribution in [0.15, 0.2) is 54.7 Å². The molecule has 10 heteroatoms. The van der Waals surface area contributed by atoms with Crippen LogP contribution in [0.25, 0.3) is 31.8 Å². The predicted octanol–water partition coefficient (Wildman–Crippen LogP) is 5.85. The summed E-state index contributed by atoms with van der Waals surface area (Å²) in [5.74, 6) is 0.0842. The maximum absolute atomic E-state index is 15.1. The Morgan fingerprint density at radius 1 is 1.21 bits per heavy atom. The molecular weight excluding hydrogens is 507 g/mol. The first-order valence-electron chi connectivity index (χ1n) is 12.0. The van der Waals surface area contributed by atoms with Crippen molar-refractivity contribution in [3.8, 4) is 22.2 Å². The lowest BCUT2D eigenvalue weighted by molar-refractivity contribution is 0.111. The van der Waals surface area contributed by atoms with Gasteiger partial charge in [-0.05, 0) is 30.2 Å². The molecule has 1 N–H and O–H groups in total. The van der Waals surface area contributed by atoms with Crippen molar-refractivity contribution in [3.05, 3.63) is 77.2 Å². The lowest BCUT2D eigenvalue weighted by atomic mass is 10.1. The first-order valence-corrected chi connectivity index (χ1v) is 12.8. The first kappa shape index (κ1) is 24.1. The number of aromatic nitrogens is 3. The van der Waals surface area contributed by atoms with Gasteiger partial charge in [-0.1, -0.05) is 30.3 Å². The number of benzene rings is 3. The van der Waals surface area contributed by atoms with Gasteiger partial charge in [0.05, 0.1) is 41.1 Å². The van der Waals surface area contributed by atoms with Crippen molar-refractivity contribution >= 4 is 38.7 Å². The predicted molar refractivity (Wildman–Crippen MR) is 142 cm³/mol. The summed E-state index contributed by atoms with van der Waals surface area (Å²) in [6.07, 6.45) is 0.389. The van der Waals surface area contributed by atoms with E-state index in [0.717, 1.165) is 21.4 Å². The molecule has 1 unspecified atom stereocenters. The molecule has 8 nitrogen and oxygen atoms in total. The smallest absolute Gasteiger partial charge is 0.407 e. The number of hydrogen-bond acceptors (Lipinski definition) is 7. The minimum atomic E-state index is -1.05. The van der Waals surface area contributed by atoms with Gasteiger partial charge in [-0.3, -0.25) is 0 Å². The summed E-state index contributed by atoms with van der Waals surface area (Å²) in [6, 6.07) is 14.7. The Kier molecular flexibility index (Phi) is 6.03. The van der Waals surface area contributed by atoms with Crippen LogP contribution >= 0.6 is 11.3 Å². The molecular formula is C28H23FN4O4S. The Morgan fingerprint density at radius 2 is 2.03 bits per heavy atom. The van der Waals surface area contributed by atoms with E-state index in [1.807, 2.05) is 49.4 Å². The van der Waals surface area contributed by atoms with Crippen LogP contribution in [0.2, 0.25) is 0 Å². The van der Waals surface area contributed by atoms with Crippen LogP contribution in [-0.4, -0.2) is 50.8 Å². The highest BCUT2D eigenvalue weighted by molar-refractivity contribution is 7.22. The minimum Gasteiger partial charge on any atom is -0.485 e. The number of carboxylic acid groups (broad SMARTS) is 1. The average Bonchev–Trinajstić information content (AvgIpc) is 3.52. The van der Waals surface area contributed by atoms with E-state index in [-0.39, 0.29) is 18.8 Å². The number of halogens is 1. The third-order valence-electron chi connectivity index (χ3n) is 6.52. The highest BCUT2D eigenvalue weighted by Crippen LogP contribution is 2.43. The largest absolute Gasteiger partial charge is 0.485 e. The molecule has 2 aromatic heterocycles. The second-order valence-corrected chi connectivity index (χ2v) is 10.2. The quantitative estimate of drug-likeness (QED) is 0.294. The number of amides is 1. The Labute approximate surface area is 221 Å². The number of fused-ring (bicyclic) bond motifs is 4. The molecule has 1 atom stereocenters. The van der Waals surface area contributed by atoms with E-state index in [0.29, 0.717) is 39.4 Å². The number of ether oxygens (including phenoxy) is 2. The third-order valence-corrected chi connectivity index (χ3v) is 7.68. The number of rotatable bonds is 6. The second-order valence-electron chi connectivity index (χ2n) is 9.22. The van der Waals surface area contributed by atoms with Crippen LogP contribution in [0.3, 0.4) is 0 Å². The number of hydrogen-bond donors (Lipinski definition) is 1. The summed E-state index contributed by atoms with van der Waals surface area (Å²) < 4.78 is 27.1. The number of thiazole rings is 1. The lowest BCUT2D eigenvalue weighted by Gasteiger charge is -2.22. The Morgan fingerprint density at radius 3 is 2.79 bits per heavy atom. The van der Waals surface area contributed by atoms with Crippen molar-refractivity contribution in [1.29, 1.82) is 0 Å². The monoisotopic (exact) mass is 530 g/mol. The van der Waals surface area contributed by atoms with Gasteiger partial charge in [-0.25, -0.2) is 24.1 Å². The fourth-order valence-corrected chi connectivity index (χ4v) is 5.93. The molecule has 0 radical (unpaired) electrons. The van der Waals surface area contributed by atoms with Gasteiger partial charge in [0.15, 0.2) is 11.6 Å². The summed E-state index contributed by atoms with van der Waals surface area (Å²) in [5, 5.41) is 10.5. The molecule has 0 fully saturated rings. The SMILES string of the molecule is COc1cnc2c(-c3nc4cc(F)c5c(c4s3)CC(CN(Cc3ccccc3)C(=O)O)O5)cc(C)cc2n1. The van der Waals surface area contributed by atoms with Crippen LogP contribution in [-0.2, 0) is 13.0 Å². The van der Waals surface area contributed by atoms with E-state index < -0.39 is 18.0 Å². The molecule has 1 aliphatic heterocycles. The minimum absolute atomic E-state index is 0.117. The standard InChI is InChI=1S/C28H23FN4O4S/c1-15-8-18(24-21(9-15)31-23(36-2)12-30-24)27-32-22-11-20(29)25-19(26(22)38-27)10-17(37-25)14-33(28(34)35)13-16-6-4-3-5-7-16/h3-9,11-12,17H,10,13-14H2,1-2H3,(H,34,35). The molecule has 0 saturated carbocycles. The maximum atomic E-state index is 15.1. The molecule has 0 spiro atoms. The zero-order valence-corrected chi connectivity index (χ0v) is 21.5. The second kappa shape index (κ2) is 9.53. The molecule has 192 valence electrons. The number of methoxy groups -OCH3 is 1. The van der Waals surface area contributed by atoms with Gasteiger partial charge in [0.1, 0.15) is 11.1 Å². The Hall–Kier alpha value is -4.31. The molecule has 38 heavy (non-hydrogen) atoms. The normalized spacial score (nSPS) is 14.4. The van der Waals surface area contributed by atoms with Crippen molar-refractivity contribution in [2.75, 3.05) is 13.7 Å². The summed E-state index contributed by atoms with van der Waals surface area (Å²) >= 11 is 1.44. The van der Waals surface area contributed by atoms with E-state index in [4.69, 9.17) is 14.5 Å². The van der Waals surface area contributed by atoms with Crippen molar-refractivity contribution in [3.63, 3.8) is 0 Å². The average molecular weight is 531 g/mol. The maximum Gasteiger partial charge on any atom is 0.407 e. The molecule has 0 aliphatic carbocycles. The first-order chi connectivity index (χ1) is 18.4. The van der Waals surface area contributed by atoms with Crippen LogP contribution in [0.4, 0.5) is 9.18 Å². The number of aryl methyl sites for hydroxylation is 1. The molecule has 1 aliphatic rings. The van der Waals surface area contributed by atoms with E-state index in [1.54, 1.807) is 13.3 Å². The summed E-state index contributed by atoms with van der Waals surface area (Å²) in [6.45, 7) is 2.31. The van der Waals surface area contributed by atoms with Gasteiger partial charge >= 0.3 is 6.09 Å². The van der Waals surface area contributed by atoms with Crippen LogP contribution in [0, 0.1) is 12.7 Å². The Bertz CT molecular complexity index is 1690. The van der Waals surface area contributed by atoms with Gasteiger partial charge < -0.3 is 19.5 Å². The number of nitrogens with zero attached hydrogens (tertiary/aromatic N) is 4. The molecule has 6 rings (SSSR count). The molecule has 0 saturated heterocycles. The lowest BCUT2D eigenvalue weighted by Crippen LogP contribution is -2.38. The van der Waals surface area contributed by atoms with Gasteiger partial charge in [0, 0.05) is 30.2 Å². The molecule has 0 bridgehead atoms. The molecule has 1 amide bonds. The van der Waals surface area contributed by atoms with Gasteiger partial charge in [0.25, 0.3) is 0 Å². The molecule has 5 aromatic rings. The van der Waals surface area contributed by atoms with E-state index in [2.05, 4.69) is 9.97 Å². The highest BCUT2D eigenvalue weighted by atomic mass is 32.1. The number of carbonyl (C=O) groups is 1. The van der Waals surface area contributed by atoms with Crippen LogP contribution in [0.5, 0.6) is 11.6 Å². The van der Waals surface area contributed by atoms with Crippen molar-refractivity contribution in [1.82, 2.24) is 19.9 Å². The zero-order chi connectivity index (χ0) is 26.4. The fourth-order valence-electron chi connectivity index (χ4n) is 4.81. The van der Waals surface area contributed by atoms with Gasteiger partial charge in [-0.15, -0.1) is 11.3 Å². The fraction of sp³-hybridized carbons (Fsp3) is 0.214. The van der Waals surface area contributed by atoms with Crippen LogP contribution in [0.1, 0.15) is 16.7 Å². The zero-order valence-electron chi connectivity index (χ0n) is 20.6. The molecule has 3 aromatic carbocycles. The highest BCUT2D eigenvalue weighted by Gasteiger charge is 2.32. The van der Waals surface area contributed by atoms with Gasteiger partial charge in [-0.2, -0.15) is 0 Å². The van der Waals surface area contributed by atoms with Gasteiger partial charge in [0.2, 0.25) is 5.88 Å².